The monoisotopic (exact) mass is 558 g/mol. The molecular weight excluding hydrogens is 519 g/mol. The maximum atomic E-state index is 12.8. The zero-order valence-corrected chi connectivity index (χ0v) is 22.6. The molecule has 1 aliphatic carbocycles. The number of ether oxygens (including phenoxy) is 2. The van der Waals surface area contributed by atoms with Crippen LogP contribution in [0.4, 0.5) is 10.5 Å². The van der Waals surface area contributed by atoms with Crippen LogP contribution >= 0.6 is 24.0 Å². The van der Waals surface area contributed by atoms with E-state index in [0.717, 1.165) is 61.8 Å². The highest BCUT2D eigenvalue weighted by atomic mass is 127. The van der Waals surface area contributed by atoms with E-state index in [2.05, 4.69) is 41.3 Å². The summed E-state index contributed by atoms with van der Waals surface area (Å²) in [6.45, 7) is 11.1. The lowest BCUT2D eigenvalue weighted by molar-refractivity contribution is 0.0577. The Morgan fingerprint density at radius 3 is 2.53 bits per heavy atom. The fourth-order valence-corrected chi connectivity index (χ4v) is 3.95. The van der Waals surface area contributed by atoms with E-state index in [9.17, 15) is 4.79 Å². The molecule has 8 heteroatoms. The minimum absolute atomic E-state index is 0. The molecule has 1 aliphatic heterocycles. The number of hydrogen-bond acceptors (Lipinski definition) is 4. The molecule has 2 fully saturated rings. The van der Waals surface area contributed by atoms with Gasteiger partial charge in [0, 0.05) is 45.8 Å². The molecule has 3 rings (SSSR count). The lowest BCUT2D eigenvalue weighted by Crippen LogP contribution is -2.41. The van der Waals surface area contributed by atoms with Crippen LogP contribution in [0.25, 0.3) is 0 Å². The molecular formula is C24H39IN4O3. The van der Waals surface area contributed by atoms with Gasteiger partial charge in [0.25, 0.3) is 0 Å². The predicted molar refractivity (Wildman–Crippen MR) is 140 cm³/mol. The van der Waals surface area contributed by atoms with Crippen LogP contribution in [-0.4, -0.2) is 62.4 Å². The van der Waals surface area contributed by atoms with Gasteiger partial charge in [0.1, 0.15) is 5.60 Å². The number of guanidine groups is 1. The molecule has 180 valence electrons. The normalized spacial score (nSPS) is 18.7. The Balaban J connectivity index is 0.00000363. The van der Waals surface area contributed by atoms with E-state index in [1.54, 1.807) is 0 Å². The molecule has 1 saturated heterocycles. The average molecular weight is 559 g/mol. The largest absolute Gasteiger partial charge is 0.443 e. The van der Waals surface area contributed by atoms with Crippen molar-refractivity contribution < 1.29 is 14.3 Å². The van der Waals surface area contributed by atoms with Crippen molar-refractivity contribution in [3.05, 3.63) is 29.3 Å². The summed E-state index contributed by atoms with van der Waals surface area (Å²) < 4.78 is 11.1. The van der Waals surface area contributed by atoms with Gasteiger partial charge in [-0.2, -0.15) is 0 Å². The van der Waals surface area contributed by atoms with Crippen LogP contribution in [0, 0.1) is 12.8 Å². The van der Waals surface area contributed by atoms with E-state index < -0.39 is 5.60 Å². The Bertz CT molecular complexity index is 799. The number of rotatable bonds is 6. The standard InChI is InChI=1S/C24H38N4O3.HI/c1-17-13-18(14-26-22(25-5)27(6)15-19-11-12-30-16-19)7-10-21(17)28(20-8-9-20)23(29)31-24(2,3)4;/h7,10,13,19-20H,8-9,11-12,14-16H2,1-6H3,(H,25,26);1H. The number of nitrogens with zero attached hydrogens (tertiary/aromatic N) is 3. The first-order chi connectivity index (χ1) is 14.7. The number of aliphatic imine (C=N–C) groups is 1. The third-order valence-electron chi connectivity index (χ3n) is 5.60. The first-order valence-electron chi connectivity index (χ1n) is 11.3. The van der Waals surface area contributed by atoms with Crippen molar-refractivity contribution in [1.29, 1.82) is 0 Å². The first kappa shape index (κ1) is 26.7. The maximum Gasteiger partial charge on any atom is 0.415 e. The fraction of sp³-hybridized carbons (Fsp3) is 0.667. The lowest BCUT2D eigenvalue weighted by atomic mass is 10.1. The number of anilines is 1. The van der Waals surface area contributed by atoms with Gasteiger partial charge in [-0.15, -0.1) is 24.0 Å². The molecule has 32 heavy (non-hydrogen) atoms. The van der Waals surface area contributed by atoms with Gasteiger partial charge in [-0.05, 0) is 64.2 Å². The number of nitrogens with one attached hydrogen (secondary N) is 1. The third-order valence-corrected chi connectivity index (χ3v) is 5.60. The van der Waals surface area contributed by atoms with E-state index in [4.69, 9.17) is 9.47 Å². The molecule has 0 spiro atoms. The Hall–Kier alpha value is -1.55. The van der Waals surface area contributed by atoms with Gasteiger partial charge < -0.3 is 19.7 Å². The summed E-state index contributed by atoms with van der Waals surface area (Å²) in [5, 5.41) is 3.45. The molecule has 1 N–H and O–H groups in total. The van der Waals surface area contributed by atoms with Crippen molar-refractivity contribution in [2.45, 2.75) is 65.1 Å². The molecule has 1 saturated carbocycles. The Labute approximate surface area is 209 Å². The van der Waals surface area contributed by atoms with Crippen LogP contribution in [0.5, 0.6) is 0 Å². The summed E-state index contributed by atoms with van der Waals surface area (Å²) in [7, 11) is 3.88. The summed E-state index contributed by atoms with van der Waals surface area (Å²) in [6, 6.07) is 6.49. The predicted octanol–water partition coefficient (Wildman–Crippen LogP) is 4.56. The molecule has 1 unspecified atom stereocenters. The van der Waals surface area contributed by atoms with E-state index in [1.165, 1.54) is 0 Å². The SMILES string of the molecule is CN=C(NCc1ccc(N(C(=O)OC(C)(C)C)C2CC2)c(C)c1)N(C)CC1CCOC1.I. The van der Waals surface area contributed by atoms with E-state index in [1.807, 2.05) is 38.8 Å². The molecule has 7 nitrogen and oxygen atoms in total. The van der Waals surface area contributed by atoms with Crippen molar-refractivity contribution in [2.75, 3.05) is 38.8 Å². The van der Waals surface area contributed by atoms with E-state index in [-0.39, 0.29) is 36.1 Å². The topological polar surface area (TPSA) is 66.4 Å². The molecule has 0 bridgehead atoms. The molecule has 1 aromatic carbocycles. The number of amides is 1. The second-order valence-electron chi connectivity index (χ2n) is 9.71. The third kappa shape index (κ3) is 7.50. The molecule has 1 atom stereocenters. The second kappa shape index (κ2) is 11.5. The smallest absolute Gasteiger partial charge is 0.415 e. The van der Waals surface area contributed by atoms with Crippen molar-refractivity contribution in [1.82, 2.24) is 10.2 Å². The van der Waals surface area contributed by atoms with E-state index in [0.29, 0.717) is 12.5 Å². The van der Waals surface area contributed by atoms with Crippen LogP contribution in [0.2, 0.25) is 0 Å². The highest BCUT2D eigenvalue weighted by Crippen LogP contribution is 2.35. The van der Waals surface area contributed by atoms with Crippen molar-refractivity contribution in [3.63, 3.8) is 0 Å². The Kier molecular flexibility index (Phi) is 9.63. The molecule has 0 aromatic heterocycles. The van der Waals surface area contributed by atoms with Gasteiger partial charge in [0.2, 0.25) is 0 Å². The van der Waals surface area contributed by atoms with Gasteiger partial charge in [0.05, 0.1) is 12.3 Å². The number of halogens is 1. The molecule has 0 radical (unpaired) electrons. The average Bonchev–Trinajstić information content (AvgIpc) is 3.38. The van der Waals surface area contributed by atoms with Gasteiger partial charge in [0.15, 0.2) is 5.96 Å². The number of benzene rings is 1. The summed E-state index contributed by atoms with van der Waals surface area (Å²) >= 11 is 0. The van der Waals surface area contributed by atoms with E-state index >= 15 is 0 Å². The number of carbonyl (C=O) groups excluding carboxylic acids is 1. The summed E-state index contributed by atoms with van der Waals surface area (Å²) in [6.07, 6.45) is 2.90. The van der Waals surface area contributed by atoms with Crippen molar-refractivity contribution >= 4 is 41.7 Å². The zero-order chi connectivity index (χ0) is 22.6. The van der Waals surface area contributed by atoms with Crippen LogP contribution in [0.3, 0.4) is 0 Å². The zero-order valence-electron chi connectivity index (χ0n) is 20.3. The van der Waals surface area contributed by atoms with Crippen LogP contribution in [0.15, 0.2) is 23.2 Å². The van der Waals surface area contributed by atoms with Crippen molar-refractivity contribution in [3.8, 4) is 0 Å². The minimum Gasteiger partial charge on any atom is -0.443 e. The lowest BCUT2D eigenvalue weighted by Gasteiger charge is -2.29. The second-order valence-corrected chi connectivity index (χ2v) is 9.71. The number of aryl methyl sites for hydroxylation is 1. The van der Waals surface area contributed by atoms with Gasteiger partial charge in [-0.3, -0.25) is 9.89 Å². The Morgan fingerprint density at radius 1 is 1.28 bits per heavy atom. The maximum absolute atomic E-state index is 12.8. The quantitative estimate of drug-likeness (QED) is 0.315. The minimum atomic E-state index is -0.505. The molecule has 1 heterocycles. The summed E-state index contributed by atoms with van der Waals surface area (Å²) in [5.41, 5.74) is 2.65. The summed E-state index contributed by atoms with van der Waals surface area (Å²) in [5.74, 6) is 1.44. The molecule has 1 amide bonds. The highest BCUT2D eigenvalue weighted by Gasteiger charge is 2.37. The van der Waals surface area contributed by atoms with Gasteiger partial charge >= 0.3 is 6.09 Å². The van der Waals surface area contributed by atoms with Crippen molar-refractivity contribution in [2.24, 2.45) is 10.9 Å². The van der Waals surface area contributed by atoms with Crippen LogP contribution in [-0.2, 0) is 16.0 Å². The number of hydrogen-bond donors (Lipinski definition) is 1. The summed E-state index contributed by atoms with van der Waals surface area (Å²) in [4.78, 5) is 21.2. The van der Waals surface area contributed by atoms with Crippen LogP contribution < -0.4 is 10.2 Å². The molecule has 1 aromatic rings. The van der Waals surface area contributed by atoms with Crippen LogP contribution in [0.1, 0.15) is 51.2 Å². The highest BCUT2D eigenvalue weighted by molar-refractivity contribution is 14.0. The van der Waals surface area contributed by atoms with Gasteiger partial charge in [-0.1, -0.05) is 12.1 Å². The fourth-order valence-electron chi connectivity index (χ4n) is 3.95. The number of carbonyl (C=O) groups is 1. The van der Waals surface area contributed by atoms with Gasteiger partial charge in [-0.25, -0.2) is 4.79 Å². The Morgan fingerprint density at radius 2 is 2.00 bits per heavy atom. The first-order valence-corrected chi connectivity index (χ1v) is 11.3. The molecule has 2 aliphatic rings.